The smallest absolute Gasteiger partial charge is 0.430 e. The fourth-order valence-corrected chi connectivity index (χ4v) is 1.16. The summed E-state index contributed by atoms with van der Waals surface area (Å²) in [5.41, 5.74) is 0. The molecule has 0 saturated heterocycles. The Hall–Kier alpha value is -1.95. The number of carbonyl (C=O) groups is 1. The van der Waals surface area contributed by atoms with E-state index in [0.29, 0.717) is 12.2 Å². The molecule has 90 valence electrons. The van der Waals surface area contributed by atoms with Gasteiger partial charge < -0.3 is 9.47 Å². The van der Waals surface area contributed by atoms with Crippen LogP contribution < -0.4 is 4.74 Å². The van der Waals surface area contributed by atoms with Crippen molar-refractivity contribution in [3.8, 4) is 17.6 Å². The standard InChI is InChI=1S/C14H16O3/c1-3-4-6-9-12(2)16-14(15)17-13-10-7-5-8-11-13/h5,7-8,10-12H,3,9H2,1-2H3. The van der Waals surface area contributed by atoms with Crippen LogP contribution in [0.4, 0.5) is 4.79 Å². The predicted octanol–water partition coefficient (Wildman–Crippen LogP) is 3.39. The molecule has 0 N–H and O–H groups in total. The van der Waals surface area contributed by atoms with Crippen LogP contribution in [0.3, 0.4) is 0 Å². The Balaban J connectivity index is 2.34. The average Bonchev–Trinajstić information content (AvgIpc) is 2.30. The zero-order valence-corrected chi connectivity index (χ0v) is 10.1. The molecule has 1 atom stereocenters. The third-order valence-electron chi connectivity index (χ3n) is 1.93. The van der Waals surface area contributed by atoms with Gasteiger partial charge in [-0.25, -0.2) is 4.79 Å². The van der Waals surface area contributed by atoms with Crippen molar-refractivity contribution in [1.29, 1.82) is 0 Å². The van der Waals surface area contributed by atoms with Crippen LogP contribution in [-0.2, 0) is 4.74 Å². The predicted molar refractivity (Wildman–Crippen MR) is 65.7 cm³/mol. The second-order valence-corrected chi connectivity index (χ2v) is 3.50. The third kappa shape index (κ3) is 5.62. The second kappa shape index (κ2) is 7.34. The highest BCUT2D eigenvalue weighted by Gasteiger charge is 2.10. The number of carbonyl (C=O) groups excluding carboxylic acids is 1. The van der Waals surface area contributed by atoms with Gasteiger partial charge in [0.05, 0.1) is 0 Å². The van der Waals surface area contributed by atoms with Crippen LogP contribution >= 0.6 is 0 Å². The van der Waals surface area contributed by atoms with Crippen molar-refractivity contribution < 1.29 is 14.3 Å². The van der Waals surface area contributed by atoms with E-state index in [-0.39, 0.29) is 6.10 Å². The monoisotopic (exact) mass is 232 g/mol. The molecule has 3 nitrogen and oxygen atoms in total. The van der Waals surface area contributed by atoms with Gasteiger partial charge in [-0.2, -0.15) is 0 Å². The maximum atomic E-state index is 11.4. The van der Waals surface area contributed by atoms with Crippen molar-refractivity contribution in [1.82, 2.24) is 0 Å². The van der Waals surface area contributed by atoms with E-state index in [4.69, 9.17) is 9.47 Å². The van der Waals surface area contributed by atoms with Gasteiger partial charge in [0.2, 0.25) is 0 Å². The van der Waals surface area contributed by atoms with Gasteiger partial charge >= 0.3 is 6.16 Å². The van der Waals surface area contributed by atoms with Crippen LogP contribution in [0.1, 0.15) is 26.7 Å². The van der Waals surface area contributed by atoms with E-state index in [1.165, 1.54) is 0 Å². The molecule has 0 heterocycles. The van der Waals surface area contributed by atoms with Gasteiger partial charge in [0.25, 0.3) is 0 Å². The molecule has 1 unspecified atom stereocenters. The number of rotatable bonds is 3. The minimum Gasteiger partial charge on any atom is -0.430 e. The van der Waals surface area contributed by atoms with Crippen molar-refractivity contribution in [2.24, 2.45) is 0 Å². The van der Waals surface area contributed by atoms with Crippen LogP contribution in [0.2, 0.25) is 0 Å². The van der Waals surface area contributed by atoms with E-state index < -0.39 is 6.16 Å². The lowest BCUT2D eigenvalue weighted by molar-refractivity contribution is 0.0678. The van der Waals surface area contributed by atoms with E-state index in [1.54, 1.807) is 31.2 Å². The Morgan fingerprint density at radius 3 is 2.65 bits per heavy atom. The van der Waals surface area contributed by atoms with Crippen molar-refractivity contribution in [2.75, 3.05) is 0 Å². The quantitative estimate of drug-likeness (QED) is 0.455. The first-order valence-corrected chi connectivity index (χ1v) is 5.61. The number of benzene rings is 1. The number of ether oxygens (including phenoxy) is 2. The lowest BCUT2D eigenvalue weighted by Gasteiger charge is -2.10. The minimum atomic E-state index is -0.693. The summed E-state index contributed by atoms with van der Waals surface area (Å²) in [5.74, 6) is 6.32. The first-order chi connectivity index (χ1) is 8.22. The fourth-order valence-electron chi connectivity index (χ4n) is 1.16. The molecule has 0 amide bonds. The van der Waals surface area contributed by atoms with Gasteiger partial charge in [-0.3, -0.25) is 0 Å². The summed E-state index contributed by atoms with van der Waals surface area (Å²) in [4.78, 5) is 11.4. The highest BCUT2D eigenvalue weighted by molar-refractivity contribution is 5.63. The van der Waals surface area contributed by atoms with Gasteiger partial charge in [-0.1, -0.05) is 31.0 Å². The summed E-state index contributed by atoms with van der Waals surface area (Å²) in [6, 6.07) is 8.82. The zero-order chi connectivity index (χ0) is 12.5. The van der Waals surface area contributed by atoms with Gasteiger partial charge in [0.15, 0.2) is 0 Å². The fraction of sp³-hybridized carbons (Fsp3) is 0.357. The summed E-state index contributed by atoms with van der Waals surface area (Å²) in [7, 11) is 0. The Bertz CT molecular complexity index is 400. The minimum absolute atomic E-state index is 0.259. The Morgan fingerprint density at radius 1 is 1.29 bits per heavy atom. The molecule has 0 aromatic heterocycles. The molecule has 0 fully saturated rings. The molecule has 0 aliphatic heterocycles. The lowest BCUT2D eigenvalue weighted by atomic mass is 10.3. The topological polar surface area (TPSA) is 35.5 Å². The van der Waals surface area contributed by atoms with Gasteiger partial charge in [0, 0.05) is 12.8 Å². The van der Waals surface area contributed by atoms with Crippen molar-refractivity contribution in [3.05, 3.63) is 30.3 Å². The molecule has 1 rings (SSSR count). The molecule has 3 heteroatoms. The Kier molecular flexibility index (Phi) is 5.67. The van der Waals surface area contributed by atoms with E-state index in [0.717, 1.165) is 6.42 Å². The zero-order valence-electron chi connectivity index (χ0n) is 10.1. The largest absolute Gasteiger partial charge is 0.514 e. The molecular weight excluding hydrogens is 216 g/mol. The number of hydrogen-bond donors (Lipinski definition) is 0. The highest BCUT2D eigenvalue weighted by atomic mass is 16.7. The van der Waals surface area contributed by atoms with E-state index in [1.807, 2.05) is 13.0 Å². The van der Waals surface area contributed by atoms with Crippen molar-refractivity contribution >= 4 is 6.16 Å². The molecule has 0 aliphatic carbocycles. The normalized spacial score (nSPS) is 10.9. The van der Waals surface area contributed by atoms with Crippen LogP contribution in [0.15, 0.2) is 30.3 Å². The van der Waals surface area contributed by atoms with E-state index in [9.17, 15) is 4.79 Å². The number of para-hydroxylation sites is 1. The molecular formula is C14H16O3. The summed E-state index contributed by atoms with van der Waals surface area (Å²) >= 11 is 0. The summed E-state index contributed by atoms with van der Waals surface area (Å²) in [6.07, 6.45) is 0.381. The van der Waals surface area contributed by atoms with Crippen LogP contribution in [-0.4, -0.2) is 12.3 Å². The van der Waals surface area contributed by atoms with Crippen LogP contribution in [0.25, 0.3) is 0 Å². The summed E-state index contributed by atoms with van der Waals surface area (Å²) in [5, 5.41) is 0. The second-order valence-electron chi connectivity index (χ2n) is 3.50. The first-order valence-electron chi connectivity index (χ1n) is 5.61. The third-order valence-corrected chi connectivity index (χ3v) is 1.93. The molecule has 0 radical (unpaired) electrons. The van der Waals surface area contributed by atoms with Gasteiger partial charge in [-0.15, -0.1) is 5.92 Å². The van der Waals surface area contributed by atoms with E-state index in [2.05, 4.69) is 11.8 Å². The summed E-state index contributed by atoms with van der Waals surface area (Å²) in [6.45, 7) is 3.76. The molecule has 0 aliphatic rings. The van der Waals surface area contributed by atoms with Gasteiger partial charge in [-0.05, 0) is 19.1 Å². The summed E-state index contributed by atoms with van der Waals surface area (Å²) < 4.78 is 10.0. The Morgan fingerprint density at radius 2 is 2.00 bits per heavy atom. The van der Waals surface area contributed by atoms with Crippen molar-refractivity contribution in [3.63, 3.8) is 0 Å². The van der Waals surface area contributed by atoms with Crippen LogP contribution in [0, 0.1) is 11.8 Å². The van der Waals surface area contributed by atoms with Gasteiger partial charge in [0.1, 0.15) is 11.9 Å². The van der Waals surface area contributed by atoms with Crippen LogP contribution in [0.5, 0.6) is 5.75 Å². The van der Waals surface area contributed by atoms with Crippen molar-refractivity contribution in [2.45, 2.75) is 32.8 Å². The Labute approximate surface area is 102 Å². The van der Waals surface area contributed by atoms with E-state index >= 15 is 0 Å². The number of hydrogen-bond acceptors (Lipinski definition) is 3. The SMILES string of the molecule is CCC#CCC(C)OC(=O)Oc1ccccc1. The molecule has 0 bridgehead atoms. The maximum absolute atomic E-state index is 11.4. The molecule has 1 aromatic carbocycles. The molecule has 17 heavy (non-hydrogen) atoms. The molecule has 0 spiro atoms. The lowest BCUT2D eigenvalue weighted by Crippen LogP contribution is -2.17. The maximum Gasteiger partial charge on any atom is 0.514 e. The highest BCUT2D eigenvalue weighted by Crippen LogP contribution is 2.10. The average molecular weight is 232 g/mol. The first kappa shape index (κ1) is 13.1. The molecule has 0 saturated carbocycles. The molecule has 1 aromatic rings.